The topological polar surface area (TPSA) is 48.5 Å². The van der Waals surface area contributed by atoms with Gasteiger partial charge in [0.2, 0.25) is 0 Å². The van der Waals surface area contributed by atoms with Gasteiger partial charge < -0.3 is 33.9 Å². The molecule has 3 heterocycles. The van der Waals surface area contributed by atoms with Gasteiger partial charge in [0.1, 0.15) is 11.4 Å². The van der Waals surface area contributed by atoms with Crippen molar-refractivity contribution in [1.29, 1.82) is 0 Å². The van der Waals surface area contributed by atoms with E-state index in [9.17, 15) is 0 Å². The Morgan fingerprint density at radius 3 is 1.02 bits per heavy atom. The van der Waals surface area contributed by atoms with Crippen LogP contribution in [0.1, 0.15) is 168 Å². The third kappa shape index (κ3) is 15.9. The Morgan fingerprint density at radius 1 is 0.364 bits per heavy atom. The van der Waals surface area contributed by atoms with Crippen molar-refractivity contribution in [3.8, 4) is 23.0 Å². The Bertz CT molecular complexity index is 1600. The summed E-state index contributed by atoms with van der Waals surface area (Å²) in [4.78, 5) is 15.6. The first-order chi connectivity index (χ1) is 25.8. The molecule has 5 rings (SSSR count). The molecule has 1 radical (unpaired) electrons. The molecule has 0 bridgehead atoms. The molecule has 0 spiro atoms. The molecule has 0 aliphatic carbocycles. The van der Waals surface area contributed by atoms with Crippen molar-refractivity contribution in [1.82, 2.24) is 24.1 Å². The van der Waals surface area contributed by atoms with Gasteiger partial charge in [-0.1, -0.05) is 185 Å². The van der Waals surface area contributed by atoms with Crippen LogP contribution in [0, 0.1) is 0 Å². The number of benzene rings is 2. The van der Waals surface area contributed by atoms with Gasteiger partial charge in [0, 0.05) is 13.1 Å². The van der Waals surface area contributed by atoms with Gasteiger partial charge in [-0.3, -0.25) is 0 Å². The molecule has 0 aliphatic rings. The molecule has 0 unspecified atom stereocenters. The minimum atomic E-state index is 0. The summed E-state index contributed by atoms with van der Waals surface area (Å²) in [7, 11) is 0. The summed E-state index contributed by atoms with van der Waals surface area (Å²) in [6, 6.07) is 23.5. The van der Waals surface area contributed by atoms with Crippen molar-refractivity contribution in [3.05, 3.63) is 66.7 Å². The third-order valence-electron chi connectivity index (χ3n) is 11.0. The predicted molar refractivity (Wildman–Crippen MR) is 224 cm³/mol. The molecular formula is C47H69Cl2N5V. The van der Waals surface area contributed by atoms with Gasteiger partial charge >= 0.3 is 18.6 Å². The number of nitrogens with zero attached hydrogens (tertiary/aromatic N) is 5. The molecule has 2 aromatic carbocycles. The number of aromatic nitrogens is 5. The summed E-state index contributed by atoms with van der Waals surface area (Å²) in [6.45, 7) is 6.53. The molecule has 0 aliphatic heterocycles. The fourth-order valence-corrected chi connectivity index (χ4v) is 7.90. The molecule has 0 amide bonds. The molecule has 0 atom stereocenters. The first kappa shape index (κ1) is 48.8. The maximum absolute atomic E-state index is 5.28. The quantitative estimate of drug-likeness (QED) is 0.0476. The number of para-hydroxylation sites is 4. The second-order valence-electron chi connectivity index (χ2n) is 15.3. The van der Waals surface area contributed by atoms with Crippen LogP contribution in [0.15, 0.2) is 66.7 Å². The number of aryl methyl sites for hydroxylation is 2. The molecule has 3 aromatic heterocycles. The Hall–Kier alpha value is -2.31. The molecule has 301 valence electrons. The van der Waals surface area contributed by atoms with Gasteiger partial charge in [0.15, 0.2) is 11.6 Å². The Morgan fingerprint density at radius 2 is 0.673 bits per heavy atom. The van der Waals surface area contributed by atoms with Gasteiger partial charge in [-0.15, -0.1) is 0 Å². The molecule has 5 aromatic rings. The number of imidazole rings is 2. The molecule has 0 saturated heterocycles. The van der Waals surface area contributed by atoms with Crippen molar-refractivity contribution in [2.45, 2.75) is 181 Å². The van der Waals surface area contributed by atoms with Crippen molar-refractivity contribution in [3.63, 3.8) is 0 Å². The SMILES string of the molecule is CCCCCCCCCCCCCCn1c(-c2cccc(-c3nc4ccccc4n3CCCCCCCCCCCCCC)n2)nc2ccccc21.[Cl-].[Cl-].[V+2]. The summed E-state index contributed by atoms with van der Waals surface area (Å²) in [5, 5.41) is 0. The summed E-state index contributed by atoms with van der Waals surface area (Å²) in [5.74, 6) is 1.93. The van der Waals surface area contributed by atoms with Crippen LogP contribution in [-0.4, -0.2) is 24.1 Å². The maximum atomic E-state index is 5.28. The number of pyridine rings is 1. The fraction of sp³-hybridized carbons (Fsp3) is 0.596. The molecule has 0 saturated carbocycles. The van der Waals surface area contributed by atoms with Crippen LogP contribution in [0.25, 0.3) is 45.1 Å². The van der Waals surface area contributed by atoms with E-state index in [1.807, 2.05) is 0 Å². The average Bonchev–Trinajstić information content (AvgIpc) is 3.74. The predicted octanol–water partition coefficient (Wildman–Crippen LogP) is 8.52. The van der Waals surface area contributed by atoms with E-state index in [-0.39, 0.29) is 43.4 Å². The molecule has 55 heavy (non-hydrogen) atoms. The number of fused-ring (bicyclic) bond motifs is 2. The summed E-state index contributed by atoms with van der Waals surface area (Å²) in [6.07, 6.45) is 32.6. The Labute approximate surface area is 358 Å². The Kier molecular flexibility index (Phi) is 25.7. The van der Waals surface area contributed by atoms with Crippen LogP contribution >= 0.6 is 0 Å². The average molecular weight is 826 g/mol. The molecule has 8 heteroatoms. The van der Waals surface area contributed by atoms with E-state index in [2.05, 4.69) is 89.7 Å². The van der Waals surface area contributed by atoms with E-state index in [0.29, 0.717) is 0 Å². The van der Waals surface area contributed by atoms with E-state index in [1.54, 1.807) is 0 Å². The fourth-order valence-electron chi connectivity index (χ4n) is 7.90. The van der Waals surface area contributed by atoms with Crippen molar-refractivity contribution >= 4 is 22.1 Å². The second kappa shape index (κ2) is 29.0. The number of hydrogen-bond acceptors (Lipinski definition) is 3. The zero-order chi connectivity index (χ0) is 36.1. The number of unbranched alkanes of at least 4 members (excludes halogenated alkanes) is 22. The van der Waals surface area contributed by atoms with Gasteiger partial charge in [0.05, 0.1) is 22.1 Å². The van der Waals surface area contributed by atoms with E-state index in [0.717, 1.165) is 47.2 Å². The van der Waals surface area contributed by atoms with Crippen molar-refractivity contribution < 1.29 is 43.4 Å². The maximum Gasteiger partial charge on any atom is 2.00 e. The summed E-state index contributed by atoms with van der Waals surface area (Å²) < 4.78 is 4.82. The van der Waals surface area contributed by atoms with Crippen LogP contribution in [0.4, 0.5) is 0 Å². The zero-order valence-corrected chi connectivity index (χ0v) is 37.1. The first-order valence-electron chi connectivity index (χ1n) is 21.7. The van der Waals surface area contributed by atoms with Crippen LogP contribution in [0.5, 0.6) is 0 Å². The van der Waals surface area contributed by atoms with E-state index >= 15 is 0 Å². The smallest absolute Gasteiger partial charge is 1.00 e. The van der Waals surface area contributed by atoms with Crippen LogP contribution in [0.3, 0.4) is 0 Å². The number of hydrogen-bond donors (Lipinski definition) is 0. The van der Waals surface area contributed by atoms with Crippen LogP contribution in [-0.2, 0) is 31.6 Å². The first-order valence-corrected chi connectivity index (χ1v) is 21.7. The van der Waals surface area contributed by atoms with Crippen molar-refractivity contribution in [2.24, 2.45) is 0 Å². The minimum Gasteiger partial charge on any atom is -1.00 e. The van der Waals surface area contributed by atoms with Crippen molar-refractivity contribution in [2.75, 3.05) is 0 Å². The molecule has 0 N–H and O–H groups in total. The molecule has 5 nitrogen and oxygen atoms in total. The number of halogens is 2. The number of rotatable bonds is 28. The monoisotopic (exact) mass is 824 g/mol. The molecule has 0 fully saturated rings. The largest absolute Gasteiger partial charge is 2.00 e. The van der Waals surface area contributed by atoms with Crippen LogP contribution < -0.4 is 24.8 Å². The Balaban J connectivity index is 0.00000348. The normalized spacial score (nSPS) is 11.1. The van der Waals surface area contributed by atoms with E-state index in [4.69, 9.17) is 15.0 Å². The van der Waals surface area contributed by atoms with Gasteiger partial charge in [-0.25, -0.2) is 15.0 Å². The van der Waals surface area contributed by atoms with Gasteiger partial charge in [0.25, 0.3) is 0 Å². The van der Waals surface area contributed by atoms with Gasteiger partial charge in [-0.05, 0) is 49.2 Å². The van der Waals surface area contributed by atoms with Gasteiger partial charge in [-0.2, -0.15) is 0 Å². The third-order valence-corrected chi connectivity index (χ3v) is 11.0. The van der Waals surface area contributed by atoms with E-state index in [1.165, 1.54) is 165 Å². The second-order valence-corrected chi connectivity index (χ2v) is 15.3. The standard InChI is InChI=1S/C47H69N5.2ClH.V/c1-3-5-7-9-11-13-15-17-19-21-23-29-38-51-44-36-27-25-32-40(44)49-46(51)42-34-31-35-43(48-42)47-50-41-33-26-28-37-45(41)52(47)39-30-24-22-20-18-16-14-12-10-8-6-4-2;;;/h25-28,31-37H,3-24,29-30,38-39H2,1-2H3;2*1H;/q;;;+2/p-2. The van der Waals surface area contributed by atoms with E-state index < -0.39 is 0 Å². The molecular weight excluding hydrogens is 756 g/mol. The zero-order valence-electron chi connectivity index (χ0n) is 34.2. The minimum absolute atomic E-state index is 0. The summed E-state index contributed by atoms with van der Waals surface area (Å²) >= 11 is 0. The van der Waals surface area contributed by atoms with Crippen LogP contribution in [0.2, 0.25) is 0 Å². The summed E-state index contributed by atoms with van der Waals surface area (Å²) in [5.41, 5.74) is 6.35.